The molecule has 0 radical (unpaired) electrons. The van der Waals surface area contributed by atoms with Gasteiger partial charge in [0, 0.05) is 11.3 Å². The Morgan fingerprint density at radius 3 is 2.39 bits per heavy atom. The highest BCUT2D eigenvalue weighted by atomic mass is 16.6. The van der Waals surface area contributed by atoms with Gasteiger partial charge in [0.2, 0.25) is 6.10 Å². The van der Waals surface area contributed by atoms with Crippen molar-refractivity contribution < 1.29 is 24.7 Å². The van der Waals surface area contributed by atoms with Gasteiger partial charge in [-0.1, -0.05) is 12.1 Å². The number of carbonyl (C=O) groups is 1. The van der Waals surface area contributed by atoms with Crippen LogP contribution in [0.15, 0.2) is 24.3 Å². The van der Waals surface area contributed by atoms with E-state index >= 15 is 0 Å². The van der Waals surface area contributed by atoms with E-state index < -0.39 is 23.0 Å². The minimum Gasteiger partial charge on any atom is -0.497 e. The third-order valence-electron chi connectivity index (χ3n) is 2.49. The SMILES string of the molecule is COc1ccc(C[C@H]([C@H](O)C(=O)O)[N+](=O)[O-])cc1. The van der Waals surface area contributed by atoms with Crippen LogP contribution in [0.25, 0.3) is 0 Å². The third kappa shape index (κ3) is 3.42. The fourth-order valence-electron chi connectivity index (χ4n) is 1.47. The molecule has 2 atom stereocenters. The first-order valence-electron chi connectivity index (χ1n) is 5.13. The molecule has 0 spiro atoms. The second-order valence-electron chi connectivity index (χ2n) is 3.69. The summed E-state index contributed by atoms with van der Waals surface area (Å²) < 4.78 is 4.93. The van der Waals surface area contributed by atoms with E-state index in [9.17, 15) is 20.0 Å². The number of aliphatic hydroxyl groups is 1. The van der Waals surface area contributed by atoms with Gasteiger partial charge in [0.1, 0.15) is 5.75 Å². The second kappa shape index (κ2) is 5.97. The number of rotatable bonds is 6. The summed E-state index contributed by atoms with van der Waals surface area (Å²) in [6.45, 7) is 0. The van der Waals surface area contributed by atoms with Gasteiger partial charge in [0.05, 0.1) is 7.11 Å². The number of benzene rings is 1. The van der Waals surface area contributed by atoms with Crippen molar-refractivity contribution in [1.29, 1.82) is 0 Å². The Morgan fingerprint density at radius 2 is 2.00 bits per heavy atom. The minimum atomic E-state index is -2.03. The van der Waals surface area contributed by atoms with Gasteiger partial charge in [-0.05, 0) is 17.7 Å². The van der Waals surface area contributed by atoms with Crippen LogP contribution in [-0.4, -0.2) is 40.4 Å². The average Bonchev–Trinajstić information content (AvgIpc) is 2.35. The zero-order valence-electron chi connectivity index (χ0n) is 9.65. The average molecular weight is 255 g/mol. The number of nitrogens with zero attached hydrogens (tertiary/aromatic N) is 1. The van der Waals surface area contributed by atoms with Gasteiger partial charge in [-0.25, -0.2) is 4.79 Å². The Bertz CT molecular complexity index is 430. The number of nitro groups is 1. The molecule has 0 fully saturated rings. The standard InChI is InChI=1S/C11H13NO6/c1-18-8-4-2-7(3-5-8)6-9(12(16)17)10(13)11(14)15/h2-5,9-10,13H,6H2,1H3,(H,14,15)/t9-,10+/m1/s1. The van der Waals surface area contributed by atoms with Gasteiger partial charge in [-0.15, -0.1) is 0 Å². The largest absolute Gasteiger partial charge is 0.497 e. The Kier molecular flexibility index (Phi) is 4.61. The lowest BCUT2D eigenvalue weighted by atomic mass is 10.0. The maximum atomic E-state index is 10.7. The molecular weight excluding hydrogens is 242 g/mol. The van der Waals surface area contributed by atoms with Crippen molar-refractivity contribution in [2.45, 2.75) is 18.6 Å². The third-order valence-corrected chi connectivity index (χ3v) is 2.49. The Balaban J connectivity index is 2.83. The molecule has 1 rings (SSSR count). The van der Waals surface area contributed by atoms with Gasteiger partial charge in [-0.3, -0.25) is 10.1 Å². The first-order chi connectivity index (χ1) is 8.45. The van der Waals surface area contributed by atoms with Crippen LogP contribution in [0.5, 0.6) is 5.75 Å². The van der Waals surface area contributed by atoms with Gasteiger partial charge in [0.15, 0.2) is 0 Å². The number of carboxylic acids is 1. The molecule has 0 heterocycles. The number of hydrogen-bond acceptors (Lipinski definition) is 5. The Labute approximate surface area is 103 Å². The molecule has 0 unspecified atom stereocenters. The molecule has 0 saturated carbocycles. The van der Waals surface area contributed by atoms with Crippen LogP contribution in [-0.2, 0) is 11.2 Å². The summed E-state index contributed by atoms with van der Waals surface area (Å²) in [5.41, 5.74) is 0.554. The van der Waals surface area contributed by atoms with Crippen LogP contribution in [0.1, 0.15) is 5.56 Å². The van der Waals surface area contributed by atoms with Crippen LogP contribution in [0.3, 0.4) is 0 Å². The van der Waals surface area contributed by atoms with Crippen molar-refractivity contribution in [3.8, 4) is 5.75 Å². The molecule has 0 aliphatic carbocycles. The molecule has 1 aromatic rings. The molecule has 1 aromatic carbocycles. The van der Waals surface area contributed by atoms with E-state index in [2.05, 4.69) is 0 Å². The minimum absolute atomic E-state index is 0.162. The summed E-state index contributed by atoms with van der Waals surface area (Å²) in [6.07, 6.45) is -2.19. The van der Waals surface area contributed by atoms with Crippen molar-refractivity contribution in [3.63, 3.8) is 0 Å². The number of ether oxygens (including phenoxy) is 1. The maximum Gasteiger partial charge on any atom is 0.339 e. The van der Waals surface area contributed by atoms with Crippen LogP contribution in [0.2, 0.25) is 0 Å². The highest BCUT2D eigenvalue weighted by Gasteiger charge is 2.35. The van der Waals surface area contributed by atoms with Crippen molar-refractivity contribution in [3.05, 3.63) is 39.9 Å². The normalized spacial score (nSPS) is 13.7. The van der Waals surface area contributed by atoms with Gasteiger partial charge in [0.25, 0.3) is 6.04 Å². The lowest BCUT2D eigenvalue weighted by Gasteiger charge is -2.12. The van der Waals surface area contributed by atoms with E-state index in [4.69, 9.17) is 9.84 Å². The quantitative estimate of drug-likeness (QED) is 0.559. The highest BCUT2D eigenvalue weighted by Crippen LogP contribution is 2.14. The topological polar surface area (TPSA) is 110 Å². The number of aliphatic carboxylic acids is 1. The van der Waals surface area contributed by atoms with Gasteiger partial charge >= 0.3 is 5.97 Å². The monoisotopic (exact) mass is 255 g/mol. The van der Waals surface area contributed by atoms with Crippen molar-refractivity contribution in [2.24, 2.45) is 0 Å². The summed E-state index contributed by atoms with van der Waals surface area (Å²) in [4.78, 5) is 20.5. The van der Waals surface area contributed by atoms with Gasteiger partial charge in [-0.2, -0.15) is 0 Å². The van der Waals surface area contributed by atoms with E-state index in [0.717, 1.165) is 0 Å². The predicted octanol–water partition coefficient (Wildman–Crippen LogP) is 0.328. The van der Waals surface area contributed by atoms with Crippen molar-refractivity contribution >= 4 is 5.97 Å². The first-order valence-corrected chi connectivity index (χ1v) is 5.13. The smallest absolute Gasteiger partial charge is 0.339 e. The van der Waals surface area contributed by atoms with Crippen LogP contribution in [0, 0.1) is 10.1 Å². The summed E-state index contributed by atoms with van der Waals surface area (Å²) in [5, 5.41) is 28.6. The van der Waals surface area contributed by atoms with Crippen LogP contribution in [0.4, 0.5) is 0 Å². The Morgan fingerprint density at radius 1 is 1.44 bits per heavy atom. The number of carboxylic acid groups (broad SMARTS) is 1. The fourth-order valence-corrected chi connectivity index (χ4v) is 1.47. The van der Waals surface area contributed by atoms with Crippen LogP contribution < -0.4 is 4.74 Å². The summed E-state index contributed by atoms with van der Waals surface area (Å²) >= 11 is 0. The Hall–Kier alpha value is -2.15. The highest BCUT2D eigenvalue weighted by molar-refractivity contribution is 5.72. The molecule has 0 aliphatic heterocycles. The lowest BCUT2D eigenvalue weighted by Crippen LogP contribution is -2.41. The van der Waals surface area contributed by atoms with Crippen molar-refractivity contribution in [1.82, 2.24) is 0 Å². The van der Waals surface area contributed by atoms with E-state index in [1.54, 1.807) is 24.3 Å². The van der Waals surface area contributed by atoms with Crippen molar-refractivity contribution in [2.75, 3.05) is 7.11 Å². The lowest BCUT2D eigenvalue weighted by molar-refractivity contribution is -0.531. The summed E-state index contributed by atoms with van der Waals surface area (Å²) in [6, 6.07) is 4.82. The van der Waals surface area contributed by atoms with E-state index in [0.29, 0.717) is 11.3 Å². The summed E-state index contributed by atoms with van der Waals surface area (Å²) in [5.74, 6) is -1.01. The summed E-state index contributed by atoms with van der Waals surface area (Å²) in [7, 11) is 1.49. The zero-order chi connectivity index (χ0) is 13.7. The maximum absolute atomic E-state index is 10.7. The zero-order valence-corrected chi connectivity index (χ0v) is 9.65. The molecule has 7 heteroatoms. The molecule has 0 bridgehead atoms. The molecule has 0 amide bonds. The first kappa shape index (κ1) is 13.9. The second-order valence-corrected chi connectivity index (χ2v) is 3.69. The fraction of sp³-hybridized carbons (Fsp3) is 0.364. The predicted molar refractivity (Wildman–Crippen MR) is 61.1 cm³/mol. The molecule has 2 N–H and O–H groups in total. The molecule has 7 nitrogen and oxygen atoms in total. The van der Waals surface area contributed by atoms with E-state index in [1.165, 1.54) is 7.11 Å². The molecule has 0 aromatic heterocycles. The van der Waals surface area contributed by atoms with Crippen LogP contribution >= 0.6 is 0 Å². The number of methoxy groups -OCH3 is 1. The van der Waals surface area contributed by atoms with E-state index in [-0.39, 0.29) is 6.42 Å². The van der Waals surface area contributed by atoms with Gasteiger partial charge < -0.3 is 14.9 Å². The molecule has 0 aliphatic rings. The molecule has 18 heavy (non-hydrogen) atoms. The van der Waals surface area contributed by atoms with E-state index in [1.807, 2.05) is 0 Å². The number of hydrogen-bond donors (Lipinski definition) is 2. The molecule has 0 saturated heterocycles. The molecule has 98 valence electrons. The molecular formula is C11H13NO6. The number of aliphatic hydroxyl groups excluding tert-OH is 1.